The first-order valence-electron chi connectivity index (χ1n) is 4.70. The van der Waals surface area contributed by atoms with Gasteiger partial charge in [0.15, 0.2) is 0 Å². The molecule has 18 heavy (non-hydrogen) atoms. The maximum Gasteiger partial charge on any atom is 0.420 e. The van der Waals surface area contributed by atoms with Crippen LogP contribution in [0, 0.1) is 22.7 Å². The standard InChI is InChI=1S/C12H7F3N2O/c1-18-10-4-2-3-9(5-8(6-16)7-17)11(10)12(13,14)15/h2-5H,1H3. The highest BCUT2D eigenvalue weighted by Gasteiger charge is 2.36. The van der Waals surface area contributed by atoms with Crippen LogP contribution < -0.4 is 4.74 Å². The third-order valence-corrected chi connectivity index (χ3v) is 2.10. The summed E-state index contributed by atoms with van der Waals surface area (Å²) in [4.78, 5) is 0. The fourth-order valence-electron chi connectivity index (χ4n) is 1.39. The van der Waals surface area contributed by atoms with Gasteiger partial charge in [-0.2, -0.15) is 23.7 Å². The lowest BCUT2D eigenvalue weighted by atomic mass is 10.0. The molecule has 0 aliphatic carbocycles. The van der Waals surface area contributed by atoms with Crippen LogP contribution >= 0.6 is 0 Å². The summed E-state index contributed by atoms with van der Waals surface area (Å²) in [7, 11) is 1.12. The largest absolute Gasteiger partial charge is 0.496 e. The van der Waals surface area contributed by atoms with Gasteiger partial charge >= 0.3 is 6.18 Å². The number of alkyl halides is 3. The molecule has 0 saturated heterocycles. The van der Waals surface area contributed by atoms with Gasteiger partial charge in [0.25, 0.3) is 0 Å². The van der Waals surface area contributed by atoms with Crippen LogP contribution in [0.2, 0.25) is 0 Å². The lowest BCUT2D eigenvalue weighted by Crippen LogP contribution is -2.09. The van der Waals surface area contributed by atoms with Crippen molar-refractivity contribution >= 4 is 6.08 Å². The molecule has 1 aromatic rings. The van der Waals surface area contributed by atoms with E-state index in [1.165, 1.54) is 30.3 Å². The predicted octanol–water partition coefficient (Wildman–Crippen LogP) is 3.14. The summed E-state index contributed by atoms with van der Waals surface area (Å²) in [5, 5.41) is 17.1. The molecule has 1 rings (SSSR count). The van der Waals surface area contributed by atoms with Crippen molar-refractivity contribution in [3.8, 4) is 17.9 Å². The summed E-state index contributed by atoms with van der Waals surface area (Å²) in [6.07, 6.45) is -3.75. The van der Waals surface area contributed by atoms with Crippen LogP contribution in [-0.4, -0.2) is 7.11 Å². The molecule has 0 fully saturated rings. The van der Waals surface area contributed by atoms with Gasteiger partial charge in [-0.15, -0.1) is 0 Å². The lowest BCUT2D eigenvalue weighted by Gasteiger charge is -2.14. The number of hydrogen-bond donors (Lipinski definition) is 0. The summed E-state index contributed by atoms with van der Waals surface area (Å²) >= 11 is 0. The Balaban J connectivity index is 3.52. The number of halogens is 3. The molecule has 0 aliphatic rings. The molecule has 0 amide bonds. The zero-order valence-corrected chi connectivity index (χ0v) is 9.25. The molecule has 0 aliphatic heterocycles. The highest BCUT2D eigenvalue weighted by molar-refractivity contribution is 5.66. The minimum atomic E-state index is -4.63. The minimum absolute atomic E-state index is 0.278. The molecule has 1 aromatic carbocycles. The lowest BCUT2D eigenvalue weighted by molar-refractivity contribution is -0.138. The summed E-state index contributed by atoms with van der Waals surface area (Å²) < 4.78 is 43.3. The van der Waals surface area contributed by atoms with Gasteiger partial charge in [-0.3, -0.25) is 0 Å². The summed E-state index contributed by atoms with van der Waals surface area (Å²) in [6.45, 7) is 0. The molecule has 92 valence electrons. The average molecular weight is 252 g/mol. The quantitative estimate of drug-likeness (QED) is 0.759. The van der Waals surface area contributed by atoms with E-state index in [0.717, 1.165) is 13.2 Å². The third-order valence-electron chi connectivity index (χ3n) is 2.10. The van der Waals surface area contributed by atoms with E-state index in [1.54, 1.807) is 0 Å². The fraction of sp³-hybridized carbons (Fsp3) is 0.167. The van der Waals surface area contributed by atoms with Gasteiger partial charge in [0, 0.05) is 0 Å². The molecule has 0 unspecified atom stereocenters. The van der Waals surface area contributed by atoms with Crippen LogP contribution in [-0.2, 0) is 6.18 Å². The molecule has 0 heterocycles. The Morgan fingerprint density at radius 3 is 2.33 bits per heavy atom. The van der Waals surface area contributed by atoms with Crippen molar-refractivity contribution in [3.05, 3.63) is 34.9 Å². The smallest absolute Gasteiger partial charge is 0.420 e. The van der Waals surface area contributed by atoms with E-state index in [-0.39, 0.29) is 11.3 Å². The Morgan fingerprint density at radius 2 is 1.89 bits per heavy atom. The molecule has 0 radical (unpaired) electrons. The molecule has 0 bridgehead atoms. The topological polar surface area (TPSA) is 56.8 Å². The molecule has 0 spiro atoms. The van der Waals surface area contributed by atoms with Gasteiger partial charge in [0.1, 0.15) is 29.0 Å². The third kappa shape index (κ3) is 2.80. The van der Waals surface area contributed by atoms with E-state index in [4.69, 9.17) is 10.5 Å². The number of allylic oxidation sites excluding steroid dienone is 1. The van der Waals surface area contributed by atoms with Crippen molar-refractivity contribution < 1.29 is 17.9 Å². The van der Waals surface area contributed by atoms with Gasteiger partial charge in [-0.05, 0) is 17.7 Å². The van der Waals surface area contributed by atoms with E-state index in [2.05, 4.69) is 4.74 Å². The highest BCUT2D eigenvalue weighted by atomic mass is 19.4. The zero-order valence-electron chi connectivity index (χ0n) is 9.25. The van der Waals surface area contributed by atoms with Crippen molar-refractivity contribution in [1.82, 2.24) is 0 Å². The van der Waals surface area contributed by atoms with Gasteiger partial charge in [-0.25, -0.2) is 0 Å². The van der Waals surface area contributed by atoms with Crippen molar-refractivity contribution in [2.45, 2.75) is 6.18 Å². The number of methoxy groups -OCH3 is 1. The van der Waals surface area contributed by atoms with Gasteiger partial charge in [0.2, 0.25) is 0 Å². The van der Waals surface area contributed by atoms with Crippen molar-refractivity contribution in [2.24, 2.45) is 0 Å². The monoisotopic (exact) mass is 252 g/mol. The number of hydrogen-bond acceptors (Lipinski definition) is 3. The Labute approximate surface area is 101 Å². The van der Waals surface area contributed by atoms with Crippen molar-refractivity contribution in [2.75, 3.05) is 7.11 Å². The van der Waals surface area contributed by atoms with E-state index < -0.39 is 17.3 Å². The summed E-state index contributed by atoms with van der Waals surface area (Å²) in [6, 6.07) is 6.70. The second-order valence-corrected chi connectivity index (χ2v) is 3.20. The summed E-state index contributed by atoms with van der Waals surface area (Å²) in [5.41, 5.74) is -1.69. The normalized spacial score (nSPS) is 10.1. The average Bonchev–Trinajstić information content (AvgIpc) is 2.34. The Hall–Kier alpha value is -2.47. The molecule has 0 aromatic heterocycles. The first-order valence-corrected chi connectivity index (χ1v) is 4.70. The van der Waals surface area contributed by atoms with Gasteiger partial charge in [-0.1, -0.05) is 12.1 Å². The molecule has 6 heteroatoms. The molecule has 0 atom stereocenters. The maximum absolute atomic E-state index is 12.9. The van der Waals surface area contributed by atoms with Crippen LogP contribution in [0.25, 0.3) is 6.08 Å². The SMILES string of the molecule is COc1cccc(C=C(C#N)C#N)c1C(F)(F)F. The number of rotatable bonds is 2. The second-order valence-electron chi connectivity index (χ2n) is 3.20. The van der Waals surface area contributed by atoms with E-state index in [0.29, 0.717) is 0 Å². The van der Waals surface area contributed by atoms with Crippen molar-refractivity contribution in [1.29, 1.82) is 10.5 Å². The Kier molecular flexibility index (Phi) is 3.96. The molecule has 0 N–H and O–H groups in total. The van der Waals surface area contributed by atoms with Gasteiger partial charge < -0.3 is 4.74 Å². The number of nitriles is 2. The Morgan fingerprint density at radius 1 is 1.28 bits per heavy atom. The minimum Gasteiger partial charge on any atom is -0.496 e. The maximum atomic E-state index is 12.9. The number of benzene rings is 1. The first kappa shape index (κ1) is 13.6. The van der Waals surface area contributed by atoms with Crippen LogP contribution in [0.5, 0.6) is 5.75 Å². The van der Waals surface area contributed by atoms with Crippen molar-refractivity contribution in [3.63, 3.8) is 0 Å². The molecule has 3 nitrogen and oxygen atoms in total. The summed E-state index contributed by atoms with van der Waals surface area (Å²) in [5.74, 6) is -0.355. The van der Waals surface area contributed by atoms with Crippen LogP contribution in [0.15, 0.2) is 23.8 Å². The fourth-order valence-corrected chi connectivity index (χ4v) is 1.39. The van der Waals surface area contributed by atoms with E-state index in [1.807, 2.05) is 0 Å². The van der Waals surface area contributed by atoms with E-state index in [9.17, 15) is 13.2 Å². The molecular formula is C12H7F3N2O. The number of nitrogens with zero attached hydrogens (tertiary/aromatic N) is 2. The predicted molar refractivity (Wildman–Crippen MR) is 57.2 cm³/mol. The highest BCUT2D eigenvalue weighted by Crippen LogP contribution is 2.39. The molecular weight excluding hydrogens is 245 g/mol. The van der Waals surface area contributed by atoms with E-state index >= 15 is 0 Å². The van der Waals surface area contributed by atoms with Crippen LogP contribution in [0.1, 0.15) is 11.1 Å². The Bertz CT molecular complexity index is 546. The molecule has 0 saturated carbocycles. The first-order chi connectivity index (χ1) is 8.43. The second kappa shape index (κ2) is 5.24. The zero-order chi connectivity index (χ0) is 13.8. The number of ether oxygens (including phenoxy) is 1. The van der Waals surface area contributed by atoms with Crippen LogP contribution in [0.4, 0.5) is 13.2 Å². The van der Waals surface area contributed by atoms with Crippen LogP contribution in [0.3, 0.4) is 0 Å². The van der Waals surface area contributed by atoms with Gasteiger partial charge in [0.05, 0.1) is 7.11 Å².